The van der Waals surface area contributed by atoms with Crippen molar-refractivity contribution in [3.63, 3.8) is 0 Å². The molecule has 1 heterocycles. The Hall–Kier alpha value is -2.25. The Kier molecular flexibility index (Phi) is 4.62. The van der Waals surface area contributed by atoms with Gasteiger partial charge in [0.2, 0.25) is 0 Å². The molecule has 2 aromatic carbocycles. The number of carbonyl (C=O) groups is 2. The molecule has 8 heteroatoms. The summed E-state index contributed by atoms with van der Waals surface area (Å²) in [6.45, 7) is 0. The van der Waals surface area contributed by atoms with Crippen LogP contribution in [0.15, 0.2) is 53.4 Å². The molecule has 3 nitrogen and oxygen atoms in total. The first-order valence-electron chi connectivity index (χ1n) is 6.96. The number of carbonyl (C=O) groups excluding carboxylic acids is 2. The monoisotopic (exact) mass is 383 g/mol. The first-order chi connectivity index (χ1) is 11.8. The zero-order valence-electron chi connectivity index (χ0n) is 12.4. The van der Waals surface area contributed by atoms with Crippen molar-refractivity contribution < 1.29 is 22.8 Å². The molecule has 1 aliphatic rings. The third-order valence-corrected chi connectivity index (χ3v) is 4.50. The van der Waals surface area contributed by atoms with Crippen molar-refractivity contribution in [3.8, 4) is 0 Å². The molecule has 0 atom stereocenters. The van der Waals surface area contributed by atoms with Gasteiger partial charge < -0.3 is 0 Å². The average Bonchev–Trinajstić information content (AvgIpc) is 2.81. The Morgan fingerprint density at radius 2 is 1.72 bits per heavy atom. The van der Waals surface area contributed by atoms with Gasteiger partial charge in [0.25, 0.3) is 11.1 Å². The van der Waals surface area contributed by atoms with E-state index in [1.165, 1.54) is 24.3 Å². The molecule has 0 bridgehead atoms. The lowest BCUT2D eigenvalue weighted by atomic mass is 10.1. The largest absolute Gasteiger partial charge is 0.416 e. The van der Waals surface area contributed by atoms with E-state index in [9.17, 15) is 22.8 Å². The van der Waals surface area contributed by atoms with Gasteiger partial charge in [0.1, 0.15) is 0 Å². The lowest BCUT2D eigenvalue weighted by molar-refractivity contribution is -0.137. The van der Waals surface area contributed by atoms with Crippen molar-refractivity contribution >= 4 is 46.3 Å². The van der Waals surface area contributed by atoms with Gasteiger partial charge in [-0.25, -0.2) is 4.90 Å². The lowest BCUT2D eigenvalue weighted by Crippen LogP contribution is -2.27. The van der Waals surface area contributed by atoms with Crippen LogP contribution in [0.5, 0.6) is 0 Å². The molecule has 3 rings (SSSR count). The highest BCUT2D eigenvalue weighted by molar-refractivity contribution is 8.19. The minimum atomic E-state index is -4.43. The molecule has 25 heavy (non-hydrogen) atoms. The van der Waals surface area contributed by atoms with Crippen molar-refractivity contribution in [3.05, 3.63) is 69.6 Å². The molecule has 0 N–H and O–H groups in total. The van der Waals surface area contributed by atoms with Gasteiger partial charge >= 0.3 is 6.18 Å². The summed E-state index contributed by atoms with van der Waals surface area (Å²) >= 11 is 6.59. The number of imide groups is 1. The van der Waals surface area contributed by atoms with Crippen LogP contribution in [0.2, 0.25) is 5.02 Å². The van der Waals surface area contributed by atoms with E-state index in [0.717, 1.165) is 28.8 Å². The highest BCUT2D eigenvalue weighted by Crippen LogP contribution is 2.36. The van der Waals surface area contributed by atoms with E-state index >= 15 is 0 Å². The molecule has 2 aromatic rings. The van der Waals surface area contributed by atoms with E-state index in [1.807, 2.05) is 0 Å². The Morgan fingerprint density at radius 3 is 2.32 bits per heavy atom. The molecular weight excluding hydrogens is 375 g/mol. The Morgan fingerprint density at radius 1 is 1.04 bits per heavy atom. The van der Waals surface area contributed by atoms with E-state index in [2.05, 4.69) is 0 Å². The molecule has 1 fully saturated rings. The van der Waals surface area contributed by atoms with Crippen LogP contribution in [0.4, 0.5) is 23.7 Å². The standard InChI is InChI=1S/C17H9ClF3NO2S/c18-12-2-1-3-13(9-12)22-15(23)14(25-16(22)24)8-10-4-6-11(7-5-10)17(19,20)21/h1-9H/b14-8+. The topological polar surface area (TPSA) is 37.4 Å². The molecule has 0 unspecified atom stereocenters. The number of halogens is 4. The van der Waals surface area contributed by atoms with E-state index in [0.29, 0.717) is 16.3 Å². The maximum atomic E-state index is 12.6. The summed E-state index contributed by atoms with van der Waals surface area (Å²) in [5.41, 5.74) is -0.0490. The fourth-order valence-electron chi connectivity index (χ4n) is 2.23. The third-order valence-electron chi connectivity index (χ3n) is 3.40. The summed E-state index contributed by atoms with van der Waals surface area (Å²) in [5, 5.41) is -0.117. The van der Waals surface area contributed by atoms with E-state index in [-0.39, 0.29) is 4.91 Å². The molecule has 2 amide bonds. The molecule has 0 radical (unpaired) electrons. The van der Waals surface area contributed by atoms with Crippen molar-refractivity contribution in [1.82, 2.24) is 0 Å². The number of rotatable bonds is 2. The SMILES string of the molecule is O=C1S/C(=C/c2ccc(C(F)(F)F)cc2)C(=O)N1c1cccc(Cl)c1. The Labute approximate surface area is 150 Å². The minimum absolute atomic E-state index is 0.129. The summed E-state index contributed by atoms with van der Waals surface area (Å²) in [6, 6.07) is 10.6. The van der Waals surface area contributed by atoms with Gasteiger partial charge in [-0.2, -0.15) is 13.2 Å². The highest BCUT2D eigenvalue weighted by Gasteiger charge is 2.36. The van der Waals surface area contributed by atoms with Crippen LogP contribution in [-0.4, -0.2) is 11.1 Å². The predicted molar refractivity (Wildman–Crippen MR) is 91.3 cm³/mol. The molecule has 128 valence electrons. The number of benzene rings is 2. The fourth-order valence-corrected chi connectivity index (χ4v) is 3.25. The van der Waals surface area contributed by atoms with E-state index in [4.69, 9.17) is 11.6 Å². The molecular formula is C17H9ClF3NO2S. The second-order valence-corrected chi connectivity index (χ2v) is 6.55. The molecule has 0 aromatic heterocycles. The first-order valence-corrected chi connectivity index (χ1v) is 8.16. The smallest absolute Gasteiger partial charge is 0.268 e. The summed E-state index contributed by atoms with van der Waals surface area (Å²) < 4.78 is 37.7. The minimum Gasteiger partial charge on any atom is -0.268 e. The highest BCUT2D eigenvalue weighted by atomic mass is 35.5. The fraction of sp³-hybridized carbons (Fsp3) is 0.0588. The van der Waals surface area contributed by atoms with Crippen LogP contribution in [0.25, 0.3) is 6.08 Å². The Bertz CT molecular complexity index is 878. The van der Waals surface area contributed by atoms with Gasteiger partial charge in [-0.1, -0.05) is 29.8 Å². The Balaban J connectivity index is 1.88. The number of hydrogen-bond donors (Lipinski definition) is 0. The second-order valence-electron chi connectivity index (χ2n) is 5.12. The summed E-state index contributed by atoms with van der Waals surface area (Å²) in [7, 11) is 0. The maximum Gasteiger partial charge on any atom is 0.416 e. The lowest BCUT2D eigenvalue weighted by Gasteiger charge is -2.12. The van der Waals surface area contributed by atoms with Crippen LogP contribution in [0, 0.1) is 0 Å². The number of thioether (sulfide) groups is 1. The van der Waals surface area contributed by atoms with Crippen molar-refractivity contribution in [2.24, 2.45) is 0 Å². The summed E-state index contributed by atoms with van der Waals surface area (Å²) in [6.07, 6.45) is -3.04. The summed E-state index contributed by atoms with van der Waals surface area (Å²) in [5.74, 6) is -0.544. The van der Waals surface area contributed by atoms with Crippen molar-refractivity contribution in [2.45, 2.75) is 6.18 Å². The van der Waals surface area contributed by atoms with Gasteiger partial charge in [0, 0.05) is 5.02 Å². The second kappa shape index (κ2) is 6.57. The predicted octanol–water partition coefficient (Wildman–Crippen LogP) is 5.60. The molecule has 1 saturated heterocycles. The number of hydrogen-bond acceptors (Lipinski definition) is 3. The zero-order valence-corrected chi connectivity index (χ0v) is 14.0. The van der Waals surface area contributed by atoms with Gasteiger partial charge in [-0.15, -0.1) is 0 Å². The quantitative estimate of drug-likeness (QED) is 0.633. The summed E-state index contributed by atoms with van der Waals surface area (Å²) in [4.78, 5) is 25.7. The van der Waals surface area contributed by atoms with Gasteiger partial charge in [-0.05, 0) is 53.7 Å². The number of alkyl halides is 3. The van der Waals surface area contributed by atoms with E-state index in [1.54, 1.807) is 18.2 Å². The molecule has 1 aliphatic heterocycles. The maximum absolute atomic E-state index is 12.6. The number of amides is 2. The van der Waals surface area contributed by atoms with Crippen LogP contribution < -0.4 is 4.90 Å². The van der Waals surface area contributed by atoms with Gasteiger partial charge in [-0.3, -0.25) is 9.59 Å². The van der Waals surface area contributed by atoms with E-state index < -0.39 is 22.9 Å². The van der Waals surface area contributed by atoms with Crippen molar-refractivity contribution in [1.29, 1.82) is 0 Å². The van der Waals surface area contributed by atoms with Crippen LogP contribution in [-0.2, 0) is 11.0 Å². The number of anilines is 1. The van der Waals surface area contributed by atoms with Crippen molar-refractivity contribution in [2.75, 3.05) is 4.90 Å². The van der Waals surface area contributed by atoms with Gasteiger partial charge in [0.05, 0.1) is 16.2 Å². The average molecular weight is 384 g/mol. The zero-order chi connectivity index (χ0) is 18.2. The normalized spacial score (nSPS) is 16.8. The number of nitrogens with zero attached hydrogens (tertiary/aromatic N) is 1. The van der Waals surface area contributed by atoms with Crippen LogP contribution in [0.1, 0.15) is 11.1 Å². The molecule has 0 saturated carbocycles. The van der Waals surface area contributed by atoms with Crippen LogP contribution in [0.3, 0.4) is 0 Å². The first kappa shape index (κ1) is 17.6. The molecule has 0 aliphatic carbocycles. The third kappa shape index (κ3) is 3.72. The van der Waals surface area contributed by atoms with Gasteiger partial charge in [0.15, 0.2) is 0 Å². The molecule has 0 spiro atoms. The van der Waals surface area contributed by atoms with Crippen LogP contribution >= 0.6 is 23.4 Å².